The van der Waals surface area contributed by atoms with E-state index in [0.717, 1.165) is 0 Å². The Bertz CT molecular complexity index is 910. The molecule has 2 aromatic heterocycles. The Balaban J connectivity index is 1.41. The molecule has 2 bridgehead atoms. The number of nitrogens with zero attached hydrogens (tertiary/aromatic N) is 3. The van der Waals surface area contributed by atoms with Crippen molar-refractivity contribution in [2.75, 3.05) is 11.9 Å². The van der Waals surface area contributed by atoms with Crippen molar-refractivity contribution >= 4 is 11.6 Å². The second-order valence-corrected chi connectivity index (χ2v) is 8.25. The van der Waals surface area contributed by atoms with Crippen molar-refractivity contribution in [3.8, 4) is 11.6 Å². The SMILES string of the molecule is C[C@@]1(c2nnc(-c3ncccc3NC34CC(C(F)F)(C3)C4)o2)CCNC1=O. The van der Waals surface area contributed by atoms with E-state index in [2.05, 4.69) is 25.8 Å². The molecule has 1 amide bonds. The number of carbonyl (C=O) groups is 1. The summed E-state index contributed by atoms with van der Waals surface area (Å²) in [6, 6.07) is 3.59. The van der Waals surface area contributed by atoms with Gasteiger partial charge in [0.05, 0.1) is 5.69 Å². The van der Waals surface area contributed by atoms with Crippen LogP contribution in [0.1, 0.15) is 38.5 Å². The van der Waals surface area contributed by atoms with E-state index in [4.69, 9.17) is 4.42 Å². The lowest BCUT2D eigenvalue weighted by Gasteiger charge is -2.70. The second kappa shape index (κ2) is 5.24. The van der Waals surface area contributed by atoms with Crippen LogP contribution in [-0.2, 0) is 10.2 Å². The van der Waals surface area contributed by atoms with Crippen LogP contribution in [0.2, 0.25) is 0 Å². The number of rotatable bonds is 5. The van der Waals surface area contributed by atoms with Gasteiger partial charge >= 0.3 is 0 Å². The summed E-state index contributed by atoms with van der Waals surface area (Å²) in [5, 5.41) is 14.3. The number of hydrogen-bond donors (Lipinski definition) is 2. The van der Waals surface area contributed by atoms with E-state index in [0.29, 0.717) is 43.6 Å². The molecule has 0 unspecified atom stereocenters. The van der Waals surface area contributed by atoms with Gasteiger partial charge in [0.2, 0.25) is 18.2 Å². The smallest absolute Gasteiger partial charge is 0.268 e. The monoisotopic (exact) mass is 375 g/mol. The second-order valence-electron chi connectivity index (χ2n) is 8.25. The summed E-state index contributed by atoms with van der Waals surface area (Å²) in [5.41, 5.74) is -0.804. The highest BCUT2D eigenvalue weighted by molar-refractivity contribution is 5.88. The van der Waals surface area contributed by atoms with E-state index in [9.17, 15) is 13.6 Å². The van der Waals surface area contributed by atoms with Crippen molar-refractivity contribution in [3.63, 3.8) is 0 Å². The highest BCUT2D eigenvalue weighted by atomic mass is 19.3. The summed E-state index contributed by atoms with van der Waals surface area (Å²) >= 11 is 0. The van der Waals surface area contributed by atoms with Crippen LogP contribution in [0.5, 0.6) is 0 Å². The van der Waals surface area contributed by atoms with E-state index >= 15 is 0 Å². The number of anilines is 1. The third kappa shape index (κ3) is 2.23. The Labute approximate surface area is 153 Å². The van der Waals surface area contributed by atoms with E-state index in [1.165, 1.54) is 0 Å². The molecule has 0 aromatic carbocycles. The molecule has 0 radical (unpaired) electrons. The maximum atomic E-state index is 13.1. The fourth-order valence-electron chi connectivity index (χ4n) is 4.67. The number of hydrogen-bond acceptors (Lipinski definition) is 6. The summed E-state index contributed by atoms with van der Waals surface area (Å²) in [7, 11) is 0. The van der Waals surface area contributed by atoms with Gasteiger partial charge in [0, 0.05) is 23.7 Å². The van der Waals surface area contributed by atoms with Crippen LogP contribution in [0.3, 0.4) is 0 Å². The highest BCUT2D eigenvalue weighted by Crippen LogP contribution is 2.70. The van der Waals surface area contributed by atoms with E-state index in [1.54, 1.807) is 19.2 Å². The summed E-state index contributed by atoms with van der Waals surface area (Å²) < 4.78 is 31.9. The maximum absolute atomic E-state index is 13.1. The molecular weight excluding hydrogens is 356 g/mol. The van der Waals surface area contributed by atoms with E-state index in [-0.39, 0.29) is 23.2 Å². The zero-order valence-electron chi connectivity index (χ0n) is 14.8. The van der Waals surface area contributed by atoms with Gasteiger partial charge in [-0.2, -0.15) is 0 Å². The van der Waals surface area contributed by atoms with Crippen molar-refractivity contribution in [1.82, 2.24) is 20.5 Å². The van der Waals surface area contributed by atoms with Gasteiger partial charge in [0.25, 0.3) is 5.89 Å². The first-order valence-electron chi connectivity index (χ1n) is 9.00. The van der Waals surface area contributed by atoms with Crippen LogP contribution in [-0.4, -0.2) is 39.6 Å². The predicted molar refractivity (Wildman–Crippen MR) is 91.1 cm³/mol. The van der Waals surface area contributed by atoms with Gasteiger partial charge in [-0.1, -0.05) is 0 Å². The largest absolute Gasteiger partial charge is 0.418 e. The van der Waals surface area contributed by atoms with Gasteiger partial charge in [0.15, 0.2) is 5.69 Å². The number of nitrogens with one attached hydrogen (secondary N) is 2. The van der Waals surface area contributed by atoms with Crippen molar-refractivity contribution in [2.24, 2.45) is 5.41 Å². The van der Waals surface area contributed by atoms with Crippen molar-refractivity contribution in [1.29, 1.82) is 0 Å². The Morgan fingerprint density at radius 2 is 2.07 bits per heavy atom. The molecule has 1 aliphatic heterocycles. The first-order chi connectivity index (χ1) is 12.9. The van der Waals surface area contributed by atoms with Crippen molar-refractivity contribution < 1.29 is 18.0 Å². The molecule has 6 rings (SSSR count). The molecule has 3 aliphatic carbocycles. The first-order valence-corrected chi connectivity index (χ1v) is 9.00. The third-order valence-corrected chi connectivity index (χ3v) is 6.25. The molecule has 0 spiro atoms. The Morgan fingerprint density at radius 1 is 1.30 bits per heavy atom. The van der Waals surface area contributed by atoms with Gasteiger partial charge in [-0.15, -0.1) is 10.2 Å². The van der Waals surface area contributed by atoms with Crippen LogP contribution in [0.15, 0.2) is 22.7 Å². The highest BCUT2D eigenvalue weighted by Gasteiger charge is 2.72. The summed E-state index contributed by atoms with van der Waals surface area (Å²) in [6.45, 7) is 2.34. The molecule has 3 heterocycles. The van der Waals surface area contributed by atoms with Crippen molar-refractivity contribution in [2.45, 2.75) is 50.0 Å². The van der Waals surface area contributed by atoms with Gasteiger partial charge in [-0.05, 0) is 44.7 Å². The van der Waals surface area contributed by atoms with Gasteiger partial charge < -0.3 is 15.1 Å². The number of halogens is 2. The number of alkyl halides is 2. The zero-order chi connectivity index (χ0) is 18.9. The average molecular weight is 375 g/mol. The van der Waals surface area contributed by atoms with Crippen LogP contribution < -0.4 is 10.6 Å². The molecule has 2 aromatic rings. The summed E-state index contributed by atoms with van der Waals surface area (Å²) in [5.74, 6) is 0.332. The number of carbonyl (C=O) groups excluding carboxylic acids is 1. The fraction of sp³-hybridized carbons (Fsp3) is 0.556. The van der Waals surface area contributed by atoms with Crippen LogP contribution in [0.25, 0.3) is 11.6 Å². The third-order valence-electron chi connectivity index (χ3n) is 6.25. The minimum atomic E-state index is -2.27. The van der Waals surface area contributed by atoms with Gasteiger partial charge in [0.1, 0.15) is 5.41 Å². The minimum Gasteiger partial charge on any atom is -0.418 e. The van der Waals surface area contributed by atoms with Crippen LogP contribution >= 0.6 is 0 Å². The lowest BCUT2D eigenvalue weighted by atomic mass is 9.39. The normalized spacial score (nSPS) is 34.1. The Kier molecular flexibility index (Phi) is 3.22. The zero-order valence-corrected chi connectivity index (χ0v) is 14.8. The Morgan fingerprint density at radius 3 is 2.74 bits per heavy atom. The molecular formula is C18H19F2N5O2. The molecule has 3 saturated carbocycles. The van der Waals surface area contributed by atoms with Crippen LogP contribution in [0, 0.1) is 5.41 Å². The lowest BCUT2D eigenvalue weighted by Crippen LogP contribution is -2.73. The van der Waals surface area contributed by atoms with E-state index < -0.39 is 17.3 Å². The molecule has 9 heteroatoms. The fourth-order valence-corrected chi connectivity index (χ4v) is 4.67. The molecule has 7 nitrogen and oxygen atoms in total. The van der Waals surface area contributed by atoms with E-state index in [1.807, 2.05) is 6.07 Å². The van der Waals surface area contributed by atoms with Crippen molar-refractivity contribution in [3.05, 3.63) is 24.2 Å². The Hall–Kier alpha value is -2.58. The molecule has 1 atom stereocenters. The number of aromatic nitrogens is 3. The molecule has 142 valence electrons. The topological polar surface area (TPSA) is 92.9 Å². The molecule has 4 aliphatic rings. The maximum Gasteiger partial charge on any atom is 0.268 e. The molecule has 4 fully saturated rings. The quantitative estimate of drug-likeness (QED) is 0.834. The molecule has 27 heavy (non-hydrogen) atoms. The summed E-state index contributed by atoms with van der Waals surface area (Å²) in [4.78, 5) is 16.4. The van der Waals surface area contributed by atoms with Gasteiger partial charge in [-0.25, -0.2) is 13.8 Å². The molecule has 1 saturated heterocycles. The summed E-state index contributed by atoms with van der Waals surface area (Å²) in [6.07, 6.45) is 1.29. The van der Waals surface area contributed by atoms with Crippen LogP contribution in [0.4, 0.5) is 14.5 Å². The standard InChI is InChI=1S/C18H19F2N5O2/c1-16(4-6-22-14(16)26)15-25-24-12(27-15)11-10(3-2-5-21-11)23-18-7-17(8-18,9-18)13(19)20/h2-3,5,13,23H,4,6-9H2,1H3,(H,22,26)/t16-,17?,18?/m1/s1. The average Bonchev–Trinajstić information content (AvgIpc) is 3.18. The first kappa shape index (κ1) is 16.6. The lowest BCUT2D eigenvalue weighted by molar-refractivity contribution is -0.204. The number of pyridine rings is 1. The minimum absolute atomic E-state index is 0.136. The molecule has 2 N–H and O–H groups in total. The predicted octanol–water partition coefficient (Wildman–Crippen LogP) is 2.51. The number of amides is 1. The van der Waals surface area contributed by atoms with Gasteiger partial charge in [-0.3, -0.25) is 4.79 Å².